The smallest absolute Gasteiger partial charge is 0.254 e. The third-order valence-corrected chi connectivity index (χ3v) is 5.35. The maximum absolute atomic E-state index is 13.3. The predicted octanol–water partition coefficient (Wildman–Crippen LogP) is 4.17. The molecule has 0 radical (unpaired) electrons. The van der Waals surface area contributed by atoms with E-state index >= 15 is 0 Å². The van der Waals surface area contributed by atoms with E-state index in [2.05, 4.69) is 33.9 Å². The van der Waals surface area contributed by atoms with Crippen molar-refractivity contribution in [2.24, 2.45) is 0 Å². The number of nitrogens with zero attached hydrogens (tertiary/aromatic N) is 2. The van der Waals surface area contributed by atoms with Gasteiger partial charge in [-0.15, -0.1) is 12.4 Å². The molecule has 4 rings (SSSR count). The molecular formula is C23H26ClFN4O. The number of carbonyl (C=O) groups is 1. The van der Waals surface area contributed by atoms with Gasteiger partial charge in [-0.25, -0.2) is 9.07 Å². The normalized spacial score (nSPS) is 15.4. The molecule has 7 heteroatoms. The molecule has 1 unspecified atom stereocenters. The molecule has 0 saturated carbocycles. The molecule has 1 aliphatic rings. The summed E-state index contributed by atoms with van der Waals surface area (Å²) in [5.41, 5.74) is 4.67. The van der Waals surface area contributed by atoms with Crippen LogP contribution in [0, 0.1) is 5.82 Å². The number of hydrogen-bond donors (Lipinski definition) is 2. The van der Waals surface area contributed by atoms with Gasteiger partial charge in [0.2, 0.25) is 0 Å². The Kier molecular flexibility index (Phi) is 6.90. The van der Waals surface area contributed by atoms with Gasteiger partial charge in [0, 0.05) is 12.6 Å². The predicted molar refractivity (Wildman–Crippen MR) is 118 cm³/mol. The fourth-order valence-corrected chi connectivity index (χ4v) is 3.94. The largest absolute Gasteiger partial charge is 0.350 e. The van der Waals surface area contributed by atoms with E-state index in [4.69, 9.17) is 0 Å². The van der Waals surface area contributed by atoms with Crippen LogP contribution in [0.4, 0.5) is 4.39 Å². The molecule has 0 fully saturated rings. The Morgan fingerprint density at radius 2 is 1.97 bits per heavy atom. The van der Waals surface area contributed by atoms with Gasteiger partial charge in [-0.3, -0.25) is 4.79 Å². The molecule has 5 nitrogen and oxygen atoms in total. The van der Waals surface area contributed by atoms with E-state index in [1.165, 1.54) is 23.3 Å². The number of halogens is 2. The van der Waals surface area contributed by atoms with Crippen molar-refractivity contribution in [2.75, 3.05) is 13.1 Å². The summed E-state index contributed by atoms with van der Waals surface area (Å²) in [5.74, 6) is -0.367. The third kappa shape index (κ3) is 4.40. The zero-order valence-electron chi connectivity index (χ0n) is 17.1. The first kappa shape index (κ1) is 22.0. The number of nitrogens with one attached hydrogen (secondary N) is 2. The lowest BCUT2D eigenvalue weighted by Crippen LogP contribution is -2.39. The van der Waals surface area contributed by atoms with Crippen LogP contribution in [0.3, 0.4) is 0 Å². The molecule has 1 amide bonds. The number of rotatable bonds is 5. The first-order valence-corrected chi connectivity index (χ1v) is 9.98. The summed E-state index contributed by atoms with van der Waals surface area (Å²) >= 11 is 0. The maximum atomic E-state index is 13.3. The molecule has 0 spiro atoms. The van der Waals surface area contributed by atoms with E-state index in [1.807, 2.05) is 19.9 Å². The van der Waals surface area contributed by atoms with E-state index in [0.717, 1.165) is 24.3 Å². The van der Waals surface area contributed by atoms with Gasteiger partial charge in [-0.1, -0.05) is 38.1 Å². The molecule has 3 aromatic rings. The highest BCUT2D eigenvalue weighted by atomic mass is 35.5. The fourth-order valence-electron chi connectivity index (χ4n) is 3.94. The van der Waals surface area contributed by atoms with Crippen molar-refractivity contribution in [1.29, 1.82) is 0 Å². The molecule has 0 saturated heterocycles. The number of amides is 1. The average Bonchev–Trinajstić information content (AvgIpc) is 3.18. The van der Waals surface area contributed by atoms with Gasteiger partial charge in [0.05, 0.1) is 23.1 Å². The van der Waals surface area contributed by atoms with Crippen LogP contribution in [-0.2, 0) is 6.42 Å². The highest BCUT2D eigenvalue weighted by molar-refractivity contribution is 5.95. The summed E-state index contributed by atoms with van der Waals surface area (Å²) in [7, 11) is 0. The van der Waals surface area contributed by atoms with Crippen LogP contribution in [0.15, 0.2) is 54.7 Å². The Hall–Kier alpha value is -2.70. The third-order valence-electron chi connectivity index (χ3n) is 5.35. The van der Waals surface area contributed by atoms with Crippen molar-refractivity contribution in [1.82, 2.24) is 20.4 Å². The Balaban J connectivity index is 0.00000256. The topological polar surface area (TPSA) is 59.0 Å². The van der Waals surface area contributed by atoms with Crippen LogP contribution in [0.5, 0.6) is 0 Å². The maximum Gasteiger partial charge on any atom is 0.254 e. The summed E-state index contributed by atoms with van der Waals surface area (Å²) in [6, 6.07) is 14.6. The summed E-state index contributed by atoms with van der Waals surface area (Å²) in [6.45, 7) is 5.45. The molecule has 2 aromatic carbocycles. The van der Waals surface area contributed by atoms with Crippen LogP contribution >= 0.6 is 12.4 Å². The first-order valence-electron chi connectivity index (χ1n) is 9.98. The molecule has 1 aromatic heterocycles. The molecule has 2 heterocycles. The monoisotopic (exact) mass is 428 g/mol. The molecular weight excluding hydrogens is 403 g/mol. The van der Waals surface area contributed by atoms with E-state index in [9.17, 15) is 9.18 Å². The van der Waals surface area contributed by atoms with Crippen molar-refractivity contribution >= 4 is 18.3 Å². The second-order valence-corrected chi connectivity index (χ2v) is 7.65. The summed E-state index contributed by atoms with van der Waals surface area (Å²) in [5, 5.41) is 11.0. The van der Waals surface area contributed by atoms with Crippen LogP contribution in [-0.4, -0.2) is 28.8 Å². The molecule has 158 valence electrons. The first-order chi connectivity index (χ1) is 14.0. The quantitative estimate of drug-likeness (QED) is 0.641. The average molecular weight is 429 g/mol. The SMILES string of the molecule is CC(C)c1c(C(=O)NCC2NCCc3ccccc32)cnn1-c1ccc(F)cc1.Cl. The van der Waals surface area contributed by atoms with E-state index < -0.39 is 0 Å². The van der Waals surface area contributed by atoms with Crippen molar-refractivity contribution in [3.05, 3.63) is 82.9 Å². The van der Waals surface area contributed by atoms with E-state index in [1.54, 1.807) is 23.0 Å². The molecule has 2 N–H and O–H groups in total. The number of fused-ring (bicyclic) bond motifs is 1. The summed E-state index contributed by atoms with van der Waals surface area (Å²) in [4.78, 5) is 13.0. The minimum absolute atomic E-state index is 0. The van der Waals surface area contributed by atoms with Gasteiger partial charge in [-0.2, -0.15) is 5.10 Å². The van der Waals surface area contributed by atoms with Crippen LogP contribution in [0.2, 0.25) is 0 Å². The Labute approximate surface area is 182 Å². The molecule has 1 atom stereocenters. The van der Waals surface area contributed by atoms with E-state index in [0.29, 0.717) is 12.1 Å². The van der Waals surface area contributed by atoms with E-state index in [-0.39, 0.29) is 36.1 Å². The number of carbonyl (C=O) groups excluding carboxylic acids is 1. The molecule has 30 heavy (non-hydrogen) atoms. The van der Waals surface area contributed by atoms with Crippen molar-refractivity contribution in [2.45, 2.75) is 32.2 Å². The van der Waals surface area contributed by atoms with Crippen molar-refractivity contribution in [3.63, 3.8) is 0 Å². The van der Waals surface area contributed by atoms with Gasteiger partial charge in [0.25, 0.3) is 5.91 Å². The second kappa shape index (κ2) is 9.41. The summed E-state index contributed by atoms with van der Waals surface area (Å²) in [6.07, 6.45) is 2.60. The standard InChI is InChI=1S/C23H25FN4O.ClH/c1-15(2)22-20(13-27-28(22)18-9-7-17(24)8-10-18)23(29)26-14-21-19-6-4-3-5-16(19)11-12-25-21;/h3-10,13,15,21,25H,11-12,14H2,1-2H3,(H,26,29);1H. The highest BCUT2D eigenvalue weighted by Gasteiger charge is 2.23. The summed E-state index contributed by atoms with van der Waals surface area (Å²) < 4.78 is 15.0. The zero-order valence-corrected chi connectivity index (χ0v) is 17.9. The van der Waals surface area contributed by atoms with Crippen LogP contribution < -0.4 is 10.6 Å². The Morgan fingerprint density at radius 1 is 1.23 bits per heavy atom. The lowest BCUT2D eigenvalue weighted by Gasteiger charge is -2.27. The van der Waals surface area contributed by atoms with Crippen LogP contribution in [0.1, 0.15) is 53.0 Å². The second-order valence-electron chi connectivity index (χ2n) is 7.65. The lowest BCUT2D eigenvalue weighted by molar-refractivity contribution is 0.0947. The molecule has 1 aliphatic heterocycles. The van der Waals surface area contributed by atoms with Gasteiger partial charge in [0.15, 0.2) is 0 Å². The van der Waals surface area contributed by atoms with Crippen molar-refractivity contribution < 1.29 is 9.18 Å². The van der Waals surface area contributed by atoms with Crippen LogP contribution in [0.25, 0.3) is 5.69 Å². The van der Waals surface area contributed by atoms with Gasteiger partial charge < -0.3 is 10.6 Å². The number of hydrogen-bond acceptors (Lipinski definition) is 3. The Morgan fingerprint density at radius 3 is 2.70 bits per heavy atom. The number of aromatic nitrogens is 2. The highest BCUT2D eigenvalue weighted by Crippen LogP contribution is 2.25. The lowest BCUT2D eigenvalue weighted by atomic mass is 9.94. The fraction of sp³-hybridized carbons (Fsp3) is 0.304. The minimum atomic E-state index is -0.301. The van der Waals surface area contributed by atoms with Crippen molar-refractivity contribution in [3.8, 4) is 5.69 Å². The minimum Gasteiger partial charge on any atom is -0.350 e. The zero-order chi connectivity index (χ0) is 20.4. The Bertz CT molecular complexity index is 1020. The van der Waals surface area contributed by atoms with Gasteiger partial charge >= 0.3 is 0 Å². The number of benzene rings is 2. The van der Waals surface area contributed by atoms with Gasteiger partial charge in [0.1, 0.15) is 5.82 Å². The van der Waals surface area contributed by atoms with Gasteiger partial charge in [-0.05, 0) is 54.3 Å². The molecule has 0 aliphatic carbocycles. The molecule has 0 bridgehead atoms.